The van der Waals surface area contributed by atoms with Crippen molar-refractivity contribution in [1.29, 1.82) is 0 Å². The van der Waals surface area contributed by atoms with E-state index in [1.165, 1.54) is 0 Å². The average molecular weight is 368 g/mol. The summed E-state index contributed by atoms with van der Waals surface area (Å²) < 4.78 is 10.6. The molecule has 0 bridgehead atoms. The lowest BCUT2D eigenvalue weighted by Crippen LogP contribution is -2.31. The third kappa shape index (κ3) is 5.48. The molecule has 1 aliphatic rings. The first-order chi connectivity index (χ1) is 13.0. The molecule has 3 rings (SSSR count). The molecule has 0 radical (unpaired) electrons. The van der Waals surface area contributed by atoms with E-state index in [9.17, 15) is 9.59 Å². The molecule has 0 spiro atoms. The summed E-state index contributed by atoms with van der Waals surface area (Å²) in [4.78, 5) is 24.0. The van der Waals surface area contributed by atoms with E-state index in [4.69, 9.17) is 9.47 Å². The van der Waals surface area contributed by atoms with Gasteiger partial charge in [-0.1, -0.05) is 18.2 Å². The number of carbonyl (C=O) groups is 2. The zero-order valence-electron chi connectivity index (χ0n) is 15.6. The number of aryl methyl sites for hydroxylation is 1. The summed E-state index contributed by atoms with van der Waals surface area (Å²) in [5.41, 5.74) is 2.66. The summed E-state index contributed by atoms with van der Waals surface area (Å²) in [7, 11) is 0. The molecule has 0 fully saturated rings. The predicted octanol–water partition coefficient (Wildman–Crippen LogP) is 3.05. The number of amides is 2. The zero-order chi connectivity index (χ0) is 19.2. The zero-order valence-corrected chi connectivity index (χ0v) is 15.6. The molecule has 2 aromatic carbocycles. The first kappa shape index (κ1) is 18.8. The van der Waals surface area contributed by atoms with Crippen LogP contribution in [-0.2, 0) is 22.4 Å². The van der Waals surface area contributed by atoms with Gasteiger partial charge in [0.05, 0.1) is 6.42 Å². The molecule has 0 atom stereocenters. The van der Waals surface area contributed by atoms with Gasteiger partial charge in [0.1, 0.15) is 0 Å². The van der Waals surface area contributed by atoms with Gasteiger partial charge in [0, 0.05) is 18.2 Å². The lowest BCUT2D eigenvalue weighted by Gasteiger charge is -2.09. The minimum atomic E-state index is -0.0574. The van der Waals surface area contributed by atoms with Gasteiger partial charge in [-0.3, -0.25) is 9.59 Å². The minimum Gasteiger partial charge on any atom is -0.454 e. The van der Waals surface area contributed by atoms with Crippen LogP contribution >= 0.6 is 0 Å². The molecule has 0 saturated carbocycles. The lowest BCUT2D eigenvalue weighted by molar-refractivity contribution is -0.121. The average Bonchev–Trinajstić information content (AvgIpc) is 3.08. The van der Waals surface area contributed by atoms with Gasteiger partial charge in [-0.05, 0) is 55.7 Å². The van der Waals surface area contributed by atoms with Crippen molar-refractivity contribution in [3.63, 3.8) is 0 Å². The Kier molecular flexibility index (Phi) is 5.96. The fourth-order valence-electron chi connectivity index (χ4n) is 2.84. The second-order valence-electron chi connectivity index (χ2n) is 6.83. The highest BCUT2D eigenvalue weighted by atomic mass is 16.7. The highest BCUT2D eigenvalue weighted by Crippen LogP contribution is 2.32. The number of rotatable bonds is 7. The minimum absolute atomic E-state index is 0.00879. The molecule has 0 aliphatic carbocycles. The molecule has 6 heteroatoms. The Morgan fingerprint density at radius 1 is 0.963 bits per heavy atom. The molecule has 1 aliphatic heterocycles. The Morgan fingerprint density at radius 2 is 1.67 bits per heavy atom. The Labute approximate surface area is 158 Å². The largest absolute Gasteiger partial charge is 0.454 e. The quantitative estimate of drug-likeness (QED) is 0.788. The molecular formula is C21H24N2O4. The maximum Gasteiger partial charge on any atom is 0.231 e. The number of fused-ring (bicyclic) bond motifs is 1. The van der Waals surface area contributed by atoms with E-state index in [1.54, 1.807) is 0 Å². The molecule has 27 heavy (non-hydrogen) atoms. The molecule has 142 valence electrons. The molecule has 0 saturated heterocycles. The number of nitrogens with one attached hydrogen (secondary N) is 2. The van der Waals surface area contributed by atoms with E-state index in [0.29, 0.717) is 19.3 Å². The summed E-state index contributed by atoms with van der Waals surface area (Å²) in [6.45, 7) is 4.11. The van der Waals surface area contributed by atoms with Crippen LogP contribution in [0.1, 0.15) is 31.4 Å². The number of ether oxygens (including phenoxy) is 2. The lowest BCUT2D eigenvalue weighted by atomic mass is 10.1. The second kappa shape index (κ2) is 8.58. The monoisotopic (exact) mass is 368 g/mol. The van der Waals surface area contributed by atoms with Crippen molar-refractivity contribution in [3.8, 4) is 11.5 Å². The van der Waals surface area contributed by atoms with Crippen molar-refractivity contribution in [1.82, 2.24) is 5.32 Å². The summed E-state index contributed by atoms with van der Waals surface area (Å²) in [5.74, 6) is 1.40. The summed E-state index contributed by atoms with van der Waals surface area (Å²) in [6, 6.07) is 13.2. The Hall–Kier alpha value is -3.02. The normalized spacial score (nSPS) is 12.1. The molecule has 2 aromatic rings. The van der Waals surface area contributed by atoms with Crippen LogP contribution in [0.5, 0.6) is 11.5 Å². The predicted molar refractivity (Wildman–Crippen MR) is 103 cm³/mol. The Morgan fingerprint density at radius 3 is 2.41 bits per heavy atom. The van der Waals surface area contributed by atoms with Gasteiger partial charge in [-0.15, -0.1) is 0 Å². The summed E-state index contributed by atoms with van der Waals surface area (Å²) in [5, 5.41) is 5.74. The van der Waals surface area contributed by atoms with Crippen molar-refractivity contribution >= 4 is 17.5 Å². The Bertz CT molecular complexity index is 815. The molecule has 6 nitrogen and oxygen atoms in total. The van der Waals surface area contributed by atoms with E-state index in [2.05, 4.69) is 10.6 Å². The molecule has 0 unspecified atom stereocenters. The van der Waals surface area contributed by atoms with Crippen molar-refractivity contribution < 1.29 is 19.1 Å². The van der Waals surface area contributed by atoms with Gasteiger partial charge >= 0.3 is 0 Å². The van der Waals surface area contributed by atoms with Gasteiger partial charge in [0.15, 0.2) is 11.5 Å². The van der Waals surface area contributed by atoms with Crippen LogP contribution < -0.4 is 20.1 Å². The first-order valence-corrected chi connectivity index (χ1v) is 9.06. The van der Waals surface area contributed by atoms with E-state index in [1.807, 2.05) is 56.3 Å². The van der Waals surface area contributed by atoms with Gasteiger partial charge in [0.2, 0.25) is 18.6 Å². The van der Waals surface area contributed by atoms with Crippen molar-refractivity contribution in [3.05, 3.63) is 53.6 Å². The maximum atomic E-state index is 12.2. The van der Waals surface area contributed by atoms with Crippen LogP contribution in [-0.4, -0.2) is 24.6 Å². The number of hydrogen-bond acceptors (Lipinski definition) is 4. The molecule has 2 N–H and O–H groups in total. The molecule has 2 amide bonds. The fraction of sp³-hybridized carbons (Fsp3) is 0.333. The Balaban J connectivity index is 1.47. The number of carbonyl (C=O) groups excluding carboxylic acids is 2. The van der Waals surface area contributed by atoms with E-state index in [-0.39, 0.29) is 24.6 Å². The standard InChI is InChI=1S/C21H24N2O4/c1-14(2)22-21(25)12-16-3-7-17(8-4-16)23-20(24)10-6-15-5-9-18-19(11-15)27-13-26-18/h3-5,7-9,11,14H,6,10,12-13H2,1-2H3,(H,22,25)(H,23,24). The smallest absolute Gasteiger partial charge is 0.231 e. The molecule has 0 aromatic heterocycles. The van der Waals surface area contributed by atoms with Crippen LogP contribution in [0, 0.1) is 0 Å². The van der Waals surface area contributed by atoms with Crippen LogP contribution in [0.3, 0.4) is 0 Å². The van der Waals surface area contributed by atoms with E-state index in [0.717, 1.165) is 28.3 Å². The third-order valence-electron chi connectivity index (χ3n) is 4.13. The third-order valence-corrected chi connectivity index (χ3v) is 4.13. The van der Waals surface area contributed by atoms with Gasteiger partial charge in [-0.2, -0.15) is 0 Å². The number of hydrogen-bond donors (Lipinski definition) is 2. The van der Waals surface area contributed by atoms with Crippen molar-refractivity contribution in [2.24, 2.45) is 0 Å². The van der Waals surface area contributed by atoms with Crippen LogP contribution in [0.25, 0.3) is 0 Å². The van der Waals surface area contributed by atoms with Crippen LogP contribution in [0.2, 0.25) is 0 Å². The summed E-state index contributed by atoms with van der Waals surface area (Å²) in [6.07, 6.45) is 1.32. The molecular weight excluding hydrogens is 344 g/mol. The van der Waals surface area contributed by atoms with E-state index < -0.39 is 0 Å². The second-order valence-corrected chi connectivity index (χ2v) is 6.83. The SMILES string of the molecule is CC(C)NC(=O)Cc1ccc(NC(=O)CCc2ccc3c(c2)OCO3)cc1. The topological polar surface area (TPSA) is 76.7 Å². The van der Waals surface area contributed by atoms with Crippen LogP contribution in [0.15, 0.2) is 42.5 Å². The van der Waals surface area contributed by atoms with E-state index >= 15 is 0 Å². The van der Waals surface area contributed by atoms with Crippen molar-refractivity contribution in [2.75, 3.05) is 12.1 Å². The number of benzene rings is 2. The maximum absolute atomic E-state index is 12.2. The van der Waals surface area contributed by atoms with Gasteiger partial charge in [0.25, 0.3) is 0 Å². The molecule has 1 heterocycles. The highest BCUT2D eigenvalue weighted by Gasteiger charge is 2.13. The highest BCUT2D eigenvalue weighted by molar-refractivity contribution is 5.91. The van der Waals surface area contributed by atoms with Gasteiger partial charge in [-0.25, -0.2) is 0 Å². The van der Waals surface area contributed by atoms with Crippen LogP contribution in [0.4, 0.5) is 5.69 Å². The van der Waals surface area contributed by atoms with Crippen molar-refractivity contribution in [2.45, 2.75) is 39.2 Å². The summed E-state index contributed by atoms with van der Waals surface area (Å²) >= 11 is 0. The fourth-order valence-corrected chi connectivity index (χ4v) is 2.84. The first-order valence-electron chi connectivity index (χ1n) is 9.06. The number of anilines is 1. The van der Waals surface area contributed by atoms with Gasteiger partial charge < -0.3 is 20.1 Å².